The lowest BCUT2D eigenvalue weighted by atomic mass is 9.99. The first-order valence-electron chi connectivity index (χ1n) is 7.44. The van der Waals surface area contributed by atoms with Crippen LogP contribution in [0.5, 0.6) is 0 Å². The van der Waals surface area contributed by atoms with E-state index in [4.69, 9.17) is 4.42 Å². The zero-order valence-corrected chi connectivity index (χ0v) is 13.9. The van der Waals surface area contributed by atoms with Gasteiger partial charge in [0.05, 0.1) is 12.9 Å². The number of rotatable bonds is 5. The van der Waals surface area contributed by atoms with E-state index in [2.05, 4.69) is 25.2 Å². The number of nitrogens with zero attached hydrogens (tertiary/aromatic N) is 4. The fraction of sp³-hybridized carbons (Fsp3) is 0.571. The number of hydrogen-bond donors (Lipinski definition) is 1. The van der Waals surface area contributed by atoms with Crippen molar-refractivity contribution < 1.29 is 13.9 Å². The lowest BCUT2D eigenvalue weighted by Crippen LogP contribution is -2.29. The molecule has 1 aliphatic rings. The third-order valence-electron chi connectivity index (χ3n) is 3.80. The summed E-state index contributed by atoms with van der Waals surface area (Å²) in [5.74, 6) is 1.84. The highest BCUT2D eigenvalue weighted by Crippen LogP contribution is 2.26. The number of piperidine rings is 1. The van der Waals surface area contributed by atoms with E-state index < -0.39 is 5.97 Å². The van der Waals surface area contributed by atoms with Gasteiger partial charge in [0.15, 0.2) is 10.9 Å². The molecule has 1 aliphatic heterocycles. The van der Waals surface area contributed by atoms with Gasteiger partial charge in [-0.05, 0) is 19.4 Å². The summed E-state index contributed by atoms with van der Waals surface area (Å²) in [6.07, 6.45) is 3.59. The standard InChI is InChI=1S/C14H19N5O3S/c1-19-12(9-4-3-5-15-6-9)17-18-14(19)23-8-11-16-10(7-22-11)13(20)21-2/h7,9,15H,3-6,8H2,1-2H3. The Kier molecular flexibility index (Phi) is 4.97. The fourth-order valence-electron chi connectivity index (χ4n) is 2.58. The Hall–Kier alpha value is -1.87. The van der Waals surface area contributed by atoms with E-state index >= 15 is 0 Å². The number of carbonyl (C=O) groups excluding carboxylic acids is 1. The second-order valence-electron chi connectivity index (χ2n) is 5.35. The number of methoxy groups -OCH3 is 1. The van der Waals surface area contributed by atoms with E-state index in [-0.39, 0.29) is 5.69 Å². The summed E-state index contributed by atoms with van der Waals surface area (Å²) in [4.78, 5) is 15.4. The van der Waals surface area contributed by atoms with Crippen molar-refractivity contribution in [3.05, 3.63) is 23.7 Å². The van der Waals surface area contributed by atoms with Crippen molar-refractivity contribution in [2.45, 2.75) is 29.7 Å². The SMILES string of the molecule is COC(=O)c1coc(CSc2nnc(C3CCCNC3)n2C)n1. The molecule has 2 aromatic rings. The van der Waals surface area contributed by atoms with Gasteiger partial charge in [0.2, 0.25) is 5.89 Å². The molecular weight excluding hydrogens is 318 g/mol. The van der Waals surface area contributed by atoms with E-state index in [1.54, 1.807) is 0 Å². The Balaban J connectivity index is 1.63. The third kappa shape index (κ3) is 3.56. The van der Waals surface area contributed by atoms with Crippen LogP contribution in [-0.2, 0) is 17.5 Å². The zero-order chi connectivity index (χ0) is 16.2. The fourth-order valence-corrected chi connectivity index (χ4v) is 3.35. The van der Waals surface area contributed by atoms with Crippen LogP contribution in [0.4, 0.5) is 0 Å². The quantitative estimate of drug-likeness (QED) is 0.645. The minimum atomic E-state index is -0.504. The van der Waals surface area contributed by atoms with Gasteiger partial charge in [0.25, 0.3) is 0 Å². The first-order valence-corrected chi connectivity index (χ1v) is 8.43. The Morgan fingerprint density at radius 3 is 3.17 bits per heavy atom. The minimum absolute atomic E-state index is 0.176. The number of thioether (sulfide) groups is 1. The average Bonchev–Trinajstić information content (AvgIpc) is 3.20. The van der Waals surface area contributed by atoms with Gasteiger partial charge in [0.1, 0.15) is 12.1 Å². The molecule has 0 aromatic carbocycles. The first-order chi connectivity index (χ1) is 11.2. The maximum atomic E-state index is 11.3. The summed E-state index contributed by atoms with van der Waals surface area (Å²) < 4.78 is 11.9. The predicted molar refractivity (Wildman–Crippen MR) is 83.3 cm³/mol. The zero-order valence-electron chi connectivity index (χ0n) is 13.1. The van der Waals surface area contributed by atoms with Gasteiger partial charge in [-0.3, -0.25) is 0 Å². The van der Waals surface area contributed by atoms with Crippen molar-refractivity contribution in [2.75, 3.05) is 20.2 Å². The van der Waals surface area contributed by atoms with Crippen LogP contribution in [0.2, 0.25) is 0 Å². The molecule has 124 valence electrons. The van der Waals surface area contributed by atoms with Crippen LogP contribution < -0.4 is 5.32 Å². The number of aromatic nitrogens is 4. The van der Waals surface area contributed by atoms with Crippen LogP contribution in [0.15, 0.2) is 15.8 Å². The van der Waals surface area contributed by atoms with Crippen LogP contribution >= 0.6 is 11.8 Å². The van der Waals surface area contributed by atoms with Crippen LogP contribution in [0.1, 0.15) is 41.0 Å². The number of esters is 1. The van der Waals surface area contributed by atoms with Crippen molar-refractivity contribution in [3.8, 4) is 0 Å². The smallest absolute Gasteiger partial charge is 0.360 e. The summed E-state index contributed by atoms with van der Waals surface area (Å²) >= 11 is 1.48. The van der Waals surface area contributed by atoms with Gasteiger partial charge in [0, 0.05) is 19.5 Å². The summed E-state index contributed by atoms with van der Waals surface area (Å²) in [6, 6.07) is 0. The van der Waals surface area contributed by atoms with Crippen molar-refractivity contribution in [1.29, 1.82) is 0 Å². The Morgan fingerprint density at radius 2 is 2.43 bits per heavy atom. The van der Waals surface area contributed by atoms with Crippen LogP contribution in [0.3, 0.4) is 0 Å². The van der Waals surface area contributed by atoms with Gasteiger partial charge in [-0.1, -0.05) is 11.8 Å². The number of hydrogen-bond acceptors (Lipinski definition) is 8. The second kappa shape index (κ2) is 7.14. The molecule has 0 amide bonds. The molecule has 2 aromatic heterocycles. The van der Waals surface area contributed by atoms with E-state index in [9.17, 15) is 4.79 Å². The minimum Gasteiger partial charge on any atom is -0.464 e. The molecule has 1 saturated heterocycles. The summed E-state index contributed by atoms with van der Waals surface area (Å²) in [6.45, 7) is 2.02. The van der Waals surface area contributed by atoms with Crippen molar-refractivity contribution in [3.63, 3.8) is 0 Å². The van der Waals surface area contributed by atoms with Gasteiger partial charge < -0.3 is 19.0 Å². The molecule has 0 bridgehead atoms. The third-order valence-corrected chi connectivity index (χ3v) is 4.81. The lowest BCUT2D eigenvalue weighted by molar-refractivity contribution is 0.0594. The van der Waals surface area contributed by atoms with E-state index in [0.717, 1.165) is 36.9 Å². The first kappa shape index (κ1) is 16.0. The maximum Gasteiger partial charge on any atom is 0.360 e. The summed E-state index contributed by atoms with van der Waals surface area (Å²) in [5, 5.41) is 12.8. The molecule has 1 fully saturated rings. The molecule has 23 heavy (non-hydrogen) atoms. The molecule has 9 heteroatoms. The number of oxazole rings is 1. The molecule has 3 heterocycles. The Labute approximate surface area is 138 Å². The van der Waals surface area contributed by atoms with E-state index in [1.807, 2.05) is 11.6 Å². The van der Waals surface area contributed by atoms with Crippen LogP contribution in [-0.4, -0.2) is 45.9 Å². The molecule has 8 nitrogen and oxygen atoms in total. The van der Waals surface area contributed by atoms with Gasteiger partial charge in [-0.25, -0.2) is 9.78 Å². The summed E-state index contributed by atoms with van der Waals surface area (Å²) in [7, 11) is 3.29. The summed E-state index contributed by atoms with van der Waals surface area (Å²) in [5.41, 5.74) is 0.176. The topological polar surface area (TPSA) is 95.1 Å². The molecule has 1 N–H and O–H groups in total. The Bertz CT molecular complexity index is 678. The van der Waals surface area contributed by atoms with E-state index in [1.165, 1.54) is 25.1 Å². The van der Waals surface area contributed by atoms with Crippen LogP contribution in [0.25, 0.3) is 0 Å². The maximum absolute atomic E-state index is 11.3. The molecule has 1 atom stereocenters. The molecule has 0 saturated carbocycles. The highest BCUT2D eigenvalue weighted by Gasteiger charge is 2.22. The number of nitrogens with one attached hydrogen (secondary N) is 1. The highest BCUT2D eigenvalue weighted by molar-refractivity contribution is 7.98. The van der Waals surface area contributed by atoms with Crippen molar-refractivity contribution in [2.24, 2.45) is 7.05 Å². The molecule has 3 rings (SSSR count). The van der Waals surface area contributed by atoms with E-state index in [0.29, 0.717) is 17.6 Å². The van der Waals surface area contributed by atoms with Crippen molar-refractivity contribution in [1.82, 2.24) is 25.1 Å². The van der Waals surface area contributed by atoms with Gasteiger partial charge in [-0.15, -0.1) is 10.2 Å². The Morgan fingerprint density at radius 1 is 1.57 bits per heavy atom. The molecule has 0 spiro atoms. The molecule has 0 radical (unpaired) electrons. The number of carbonyl (C=O) groups is 1. The number of ether oxygens (including phenoxy) is 1. The lowest BCUT2D eigenvalue weighted by Gasteiger charge is -2.21. The molecule has 1 unspecified atom stereocenters. The average molecular weight is 337 g/mol. The highest BCUT2D eigenvalue weighted by atomic mass is 32.2. The normalized spacial score (nSPS) is 18.1. The largest absolute Gasteiger partial charge is 0.464 e. The monoisotopic (exact) mass is 337 g/mol. The van der Waals surface area contributed by atoms with Crippen LogP contribution in [0, 0.1) is 0 Å². The molecule has 0 aliphatic carbocycles. The predicted octanol–water partition coefficient (Wildman–Crippen LogP) is 1.35. The van der Waals surface area contributed by atoms with Gasteiger partial charge >= 0.3 is 5.97 Å². The van der Waals surface area contributed by atoms with Crippen molar-refractivity contribution >= 4 is 17.7 Å². The van der Waals surface area contributed by atoms with Gasteiger partial charge in [-0.2, -0.15) is 0 Å². The second-order valence-corrected chi connectivity index (χ2v) is 6.29. The molecular formula is C14H19N5O3S.